The van der Waals surface area contributed by atoms with Gasteiger partial charge in [-0.3, -0.25) is 4.79 Å². The second-order valence-electron chi connectivity index (χ2n) is 7.38. The van der Waals surface area contributed by atoms with Crippen LogP contribution in [0.25, 0.3) is 0 Å². The van der Waals surface area contributed by atoms with Gasteiger partial charge in [-0.15, -0.1) is 0 Å². The van der Waals surface area contributed by atoms with Gasteiger partial charge in [0.05, 0.1) is 20.3 Å². The molecule has 3 aromatic carbocycles. The van der Waals surface area contributed by atoms with E-state index in [1.165, 1.54) is 0 Å². The Labute approximate surface area is 192 Å². The van der Waals surface area contributed by atoms with Crippen molar-refractivity contribution in [3.8, 4) is 11.5 Å². The molecule has 7 heteroatoms. The summed E-state index contributed by atoms with van der Waals surface area (Å²) in [4.78, 5) is 15.0. The van der Waals surface area contributed by atoms with Crippen LogP contribution in [0.1, 0.15) is 15.9 Å². The van der Waals surface area contributed by atoms with Crippen LogP contribution < -0.4 is 19.7 Å². The zero-order chi connectivity index (χ0) is 22.3. The molecular formula is C25H25ClN2O4. The van der Waals surface area contributed by atoms with E-state index in [9.17, 15) is 4.79 Å². The van der Waals surface area contributed by atoms with E-state index in [1.807, 2.05) is 48.5 Å². The zero-order valence-electron chi connectivity index (χ0n) is 17.8. The minimum Gasteiger partial charge on any atom is -0.493 e. The maximum absolute atomic E-state index is 12.7. The zero-order valence-corrected chi connectivity index (χ0v) is 18.6. The molecule has 0 aliphatic carbocycles. The van der Waals surface area contributed by atoms with Crippen LogP contribution in [-0.2, 0) is 11.3 Å². The number of hydrogen-bond acceptors (Lipinski definition) is 5. The Bertz CT molecular complexity index is 1050. The third-order valence-electron chi connectivity index (χ3n) is 5.23. The number of amides is 1. The van der Waals surface area contributed by atoms with Gasteiger partial charge in [-0.2, -0.15) is 0 Å². The van der Waals surface area contributed by atoms with Gasteiger partial charge in [-0.1, -0.05) is 23.7 Å². The summed E-state index contributed by atoms with van der Waals surface area (Å²) in [5.41, 5.74) is 3.32. The number of carbonyl (C=O) groups excluding carboxylic acids is 1. The van der Waals surface area contributed by atoms with Crippen molar-refractivity contribution in [1.29, 1.82) is 0 Å². The van der Waals surface area contributed by atoms with E-state index < -0.39 is 0 Å². The van der Waals surface area contributed by atoms with Crippen LogP contribution in [0, 0.1) is 0 Å². The quantitative estimate of drug-likeness (QED) is 0.545. The molecule has 1 amide bonds. The summed E-state index contributed by atoms with van der Waals surface area (Å²) in [5, 5.41) is 3.61. The van der Waals surface area contributed by atoms with Crippen LogP contribution in [-0.4, -0.2) is 39.3 Å². The number of rotatable bonds is 7. The molecule has 1 aliphatic heterocycles. The van der Waals surface area contributed by atoms with Gasteiger partial charge >= 0.3 is 0 Å². The van der Waals surface area contributed by atoms with Crippen molar-refractivity contribution >= 4 is 28.9 Å². The highest BCUT2D eigenvalue weighted by Crippen LogP contribution is 2.29. The predicted molar refractivity (Wildman–Crippen MR) is 126 cm³/mol. The maximum Gasteiger partial charge on any atom is 0.255 e. The van der Waals surface area contributed by atoms with E-state index in [0.29, 0.717) is 28.7 Å². The Balaban J connectivity index is 1.39. The van der Waals surface area contributed by atoms with Gasteiger partial charge in [0.25, 0.3) is 5.91 Å². The van der Waals surface area contributed by atoms with E-state index in [2.05, 4.69) is 10.2 Å². The number of benzene rings is 3. The Morgan fingerprint density at radius 3 is 2.41 bits per heavy atom. The molecule has 1 aliphatic rings. The van der Waals surface area contributed by atoms with Gasteiger partial charge in [-0.25, -0.2) is 0 Å². The summed E-state index contributed by atoms with van der Waals surface area (Å²) in [6.45, 7) is 3.59. The van der Waals surface area contributed by atoms with Crippen molar-refractivity contribution in [3.05, 3.63) is 82.9 Å². The lowest BCUT2D eigenvalue weighted by atomic mass is 10.1. The van der Waals surface area contributed by atoms with Crippen LogP contribution in [0.3, 0.4) is 0 Å². The molecule has 1 saturated heterocycles. The summed E-state index contributed by atoms with van der Waals surface area (Å²) in [6, 6.07) is 20.4. The molecule has 1 N–H and O–H groups in total. The number of halogens is 1. The number of anilines is 2. The summed E-state index contributed by atoms with van der Waals surface area (Å²) < 4.78 is 16.7. The number of morpholine rings is 1. The average Bonchev–Trinajstić information content (AvgIpc) is 2.84. The first kappa shape index (κ1) is 22.0. The van der Waals surface area contributed by atoms with Crippen molar-refractivity contribution in [3.63, 3.8) is 0 Å². The van der Waals surface area contributed by atoms with Crippen LogP contribution in [0.5, 0.6) is 11.5 Å². The third kappa shape index (κ3) is 5.52. The minimum atomic E-state index is -0.216. The van der Waals surface area contributed by atoms with Crippen molar-refractivity contribution < 1.29 is 19.0 Å². The van der Waals surface area contributed by atoms with Crippen molar-refractivity contribution in [2.24, 2.45) is 0 Å². The van der Waals surface area contributed by atoms with Crippen molar-refractivity contribution in [2.75, 3.05) is 43.6 Å². The molecule has 6 nitrogen and oxygen atoms in total. The maximum atomic E-state index is 12.7. The summed E-state index contributed by atoms with van der Waals surface area (Å²) in [6.07, 6.45) is 0. The van der Waals surface area contributed by atoms with Gasteiger partial charge in [0.15, 0.2) is 11.5 Å². The van der Waals surface area contributed by atoms with Crippen LogP contribution in [0.15, 0.2) is 66.7 Å². The van der Waals surface area contributed by atoms with E-state index >= 15 is 0 Å². The van der Waals surface area contributed by atoms with Crippen LogP contribution >= 0.6 is 11.6 Å². The van der Waals surface area contributed by atoms with E-state index in [4.69, 9.17) is 25.8 Å². The number of methoxy groups -OCH3 is 1. The smallest absolute Gasteiger partial charge is 0.255 e. The molecule has 0 saturated carbocycles. The molecule has 0 aromatic heterocycles. The largest absolute Gasteiger partial charge is 0.493 e. The Hall–Kier alpha value is -3.22. The van der Waals surface area contributed by atoms with Gasteiger partial charge in [-0.05, 0) is 60.2 Å². The van der Waals surface area contributed by atoms with Gasteiger partial charge in [0.1, 0.15) is 6.61 Å². The highest BCUT2D eigenvalue weighted by Gasteiger charge is 2.14. The Morgan fingerprint density at radius 2 is 1.72 bits per heavy atom. The molecule has 0 radical (unpaired) electrons. The predicted octanol–water partition coefficient (Wildman–Crippen LogP) is 5.02. The van der Waals surface area contributed by atoms with Gasteiger partial charge in [0, 0.05) is 35.1 Å². The number of nitrogens with zero attached hydrogens (tertiary/aromatic N) is 1. The lowest BCUT2D eigenvalue weighted by molar-refractivity contribution is 0.102. The molecule has 3 aromatic rings. The first-order valence-corrected chi connectivity index (χ1v) is 10.8. The van der Waals surface area contributed by atoms with E-state index in [0.717, 1.165) is 43.2 Å². The fraction of sp³-hybridized carbons (Fsp3) is 0.240. The minimum absolute atomic E-state index is 0.216. The highest BCUT2D eigenvalue weighted by atomic mass is 35.5. The Morgan fingerprint density at radius 1 is 1.00 bits per heavy atom. The lowest BCUT2D eigenvalue weighted by Gasteiger charge is -2.28. The van der Waals surface area contributed by atoms with Gasteiger partial charge < -0.3 is 24.4 Å². The Kier molecular flexibility index (Phi) is 7.14. The fourth-order valence-electron chi connectivity index (χ4n) is 3.45. The molecule has 1 heterocycles. The molecule has 0 unspecified atom stereocenters. The lowest BCUT2D eigenvalue weighted by Crippen LogP contribution is -2.36. The summed E-state index contributed by atoms with van der Waals surface area (Å²) in [7, 11) is 1.55. The molecule has 4 rings (SSSR count). The monoisotopic (exact) mass is 452 g/mol. The molecule has 32 heavy (non-hydrogen) atoms. The molecule has 0 bridgehead atoms. The number of ether oxygens (including phenoxy) is 3. The number of hydrogen-bond donors (Lipinski definition) is 1. The van der Waals surface area contributed by atoms with E-state index in [-0.39, 0.29) is 5.91 Å². The topological polar surface area (TPSA) is 60.0 Å². The molecule has 0 spiro atoms. The summed E-state index contributed by atoms with van der Waals surface area (Å²) in [5.74, 6) is 0.842. The van der Waals surface area contributed by atoms with Crippen molar-refractivity contribution in [1.82, 2.24) is 0 Å². The molecule has 166 valence electrons. The molecular weight excluding hydrogens is 428 g/mol. The third-order valence-corrected chi connectivity index (χ3v) is 5.49. The summed E-state index contributed by atoms with van der Waals surface area (Å²) >= 11 is 5.92. The average molecular weight is 453 g/mol. The SMILES string of the molecule is COc1cc(C(=O)Nc2ccc(N3CCOCC3)cc2)ccc1OCc1ccc(Cl)cc1. The fourth-order valence-corrected chi connectivity index (χ4v) is 3.58. The molecule has 1 fully saturated rings. The van der Waals surface area contributed by atoms with Crippen LogP contribution in [0.2, 0.25) is 5.02 Å². The number of nitrogens with one attached hydrogen (secondary N) is 1. The normalized spacial score (nSPS) is 13.5. The first-order chi connectivity index (χ1) is 15.6. The van der Waals surface area contributed by atoms with Gasteiger partial charge in [0.2, 0.25) is 0 Å². The second-order valence-corrected chi connectivity index (χ2v) is 7.82. The first-order valence-electron chi connectivity index (χ1n) is 10.4. The van der Waals surface area contributed by atoms with Crippen molar-refractivity contribution in [2.45, 2.75) is 6.61 Å². The highest BCUT2D eigenvalue weighted by molar-refractivity contribution is 6.30. The second kappa shape index (κ2) is 10.4. The number of carbonyl (C=O) groups is 1. The van der Waals surface area contributed by atoms with Crippen LogP contribution in [0.4, 0.5) is 11.4 Å². The standard InChI is InChI=1S/C25H25ClN2O4/c1-30-24-16-19(4-11-23(24)32-17-18-2-5-20(26)6-3-18)25(29)27-21-7-9-22(10-8-21)28-12-14-31-15-13-28/h2-11,16H,12-15,17H2,1H3,(H,27,29). The van der Waals surface area contributed by atoms with E-state index in [1.54, 1.807) is 25.3 Å². The molecule has 0 atom stereocenters.